The van der Waals surface area contributed by atoms with Gasteiger partial charge >= 0.3 is 5.97 Å². The summed E-state index contributed by atoms with van der Waals surface area (Å²) >= 11 is 0. The minimum atomic E-state index is -0.667. The fourth-order valence-electron chi connectivity index (χ4n) is 2.74. The molecule has 156 valence electrons. The van der Waals surface area contributed by atoms with Crippen molar-refractivity contribution >= 4 is 17.8 Å². The van der Waals surface area contributed by atoms with Crippen molar-refractivity contribution in [2.24, 2.45) is 0 Å². The van der Waals surface area contributed by atoms with Gasteiger partial charge in [-0.15, -0.1) is 0 Å². The van der Waals surface area contributed by atoms with Gasteiger partial charge in [-0.3, -0.25) is 19.1 Å². The number of rotatable bonds is 9. The molecule has 1 heterocycles. The third kappa shape index (κ3) is 7.06. The van der Waals surface area contributed by atoms with Crippen molar-refractivity contribution in [1.29, 1.82) is 0 Å². The number of hydrogen-bond donors (Lipinski definition) is 2. The van der Waals surface area contributed by atoms with Gasteiger partial charge in [0.1, 0.15) is 6.54 Å². The van der Waals surface area contributed by atoms with E-state index in [1.165, 1.54) is 0 Å². The summed E-state index contributed by atoms with van der Waals surface area (Å²) in [6.45, 7) is 8.27. The van der Waals surface area contributed by atoms with Crippen LogP contribution in [0, 0.1) is 27.7 Å². The average molecular weight is 400 g/mol. The Kier molecular flexibility index (Phi) is 7.94. The molecule has 2 N–H and O–H groups in total. The number of carbonyl (C=O) groups is 3. The van der Waals surface area contributed by atoms with Crippen LogP contribution >= 0.6 is 0 Å². The van der Waals surface area contributed by atoms with Crippen LogP contribution in [-0.2, 0) is 20.9 Å². The second-order valence-corrected chi connectivity index (χ2v) is 7.00. The van der Waals surface area contributed by atoms with E-state index in [0.29, 0.717) is 25.1 Å². The summed E-state index contributed by atoms with van der Waals surface area (Å²) in [4.78, 5) is 35.6. The number of aryl methyl sites for hydroxylation is 5. The first-order valence-corrected chi connectivity index (χ1v) is 9.55. The highest BCUT2D eigenvalue weighted by Gasteiger charge is 2.11. The molecule has 0 aliphatic carbocycles. The lowest BCUT2D eigenvalue weighted by atomic mass is 10.1. The predicted molar refractivity (Wildman–Crippen MR) is 109 cm³/mol. The fraction of sp³-hybridized carbons (Fsp3) is 0.429. The van der Waals surface area contributed by atoms with Crippen LogP contribution in [0.5, 0.6) is 0 Å². The van der Waals surface area contributed by atoms with Crippen molar-refractivity contribution in [2.75, 3.05) is 19.7 Å². The summed E-state index contributed by atoms with van der Waals surface area (Å²) in [7, 11) is 0. The fourth-order valence-corrected chi connectivity index (χ4v) is 2.74. The van der Waals surface area contributed by atoms with Crippen LogP contribution in [0.2, 0.25) is 0 Å². The second-order valence-electron chi connectivity index (χ2n) is 7.00. The van der Waals surface area contributed by atoms with Crippen molar-refractivity contribution in [3.05, 3.63) is 52.3 Å². The largest absolute Gasteiger partial charge is 0.454 e. The van der Waals surface area contributed by atoms with Gasteiger partial charge in [-0.25, -0.2) is 0 Å². The molecule has 8 heteroatoms. The Morgan fingerprint density at radius 2 is 1.79 bits per heavy atom. The van der Waals surface area contributed by atoms with Gasteiger partial charge in [-0.05, 0) is 63.4 Å². The van der Waals surface area contributed by atoms with E-state index in [1.54, 1.807) is 12.1 Å². The topological polar surface area (TPSA) is 102 Å². The lowest BCUT2D eigenvalue weighted by molar-refractivity contribution is -0.147. The summed E-state index contributed by atoms with van der Waals surface area (Å²) in [5.74, 6) is -1.41. The van der Waals surface area contributed by atoms with Gasteiger partial charge < -0.3 is 15.4 Å². The first-order chi connectivity index (χ1) is 13.8. The van der Waals surface area contributed by atoms with Crippen molar-refractivity contribution in [2.45, 2.75) is 40.7 Å². The lowest BCUT2D eigenvalue weighted by Gasteiger charge is -2.09. The molecule has 0 aliphatic rings. The summed E-state index contributed by atoms with van der Waals surface area (Å²) in [6, 6.07) is 7.30. The van der Waals surface area contributed by atoms with E-state index in [-0.39, 0.29) is 25.0 Å². The van der Waals surface area contributed by atoms with Crippen LogP contribution in [0.1, 0.15) is 39.3 Å². The molecule has 0 saturated heterocycles. The molecule has 0 unspecified atom stereocenters. The number of carbonyl (C=O) groups excluding carboxylic acids is 3. The maximum absolute atomic E-state index is 12.1. The number of benzene rings is 1. The summed E-state index contributed by atoms with van der Waals surface area (Å²) in [5, 5.41) is 9.54. The molecule has 0 fully saturated rings. The molecule has 2 aromatic rings. The molecule has 29 heavy (non-hydrogen) atoms. The number of aromatic nitrogens is 2. The van der Waals surface area contributed by atoms with Crippen molar-refractivity contribution in [3.8, 4) is 0 Å². The van der Waals surface area contributed by atoms with E-state index in [2.05, 4.69) is 15.7 Å². The van der Waals surface area contributed by atoms with Crippen LogP contribution in [0.25, 0.3) is 0 Å². The molecular formula is C21H28N4O4. The molecule has 1 aromatic carbocycles. The van der Waals surface area contributed by atoms with Crippen LogP contribution in [0.15, 0.2) is 24.3 Å². The van der Waals surface area contributed by atoms with E-state index in [1.807, 2.05) is 44.5 Å². The first-order valence-electron chi connectivity index (χ1n) is 9.55. The maximum atomic E-state index is 12.1. The van der Waals surface area contributed by atoms with E-state index in [0.717, 1.165) is 22.5 Å². The monoisotopic (exact) mass is 400 g/mol. The van der Waals surface area contributed by atoms with Crippen LogP contribution in [0.3, 0.4) is 0 Å². The number of hydrogen-bond acceptors (Lipinski definition) is 5. The Bertz CT molecular complexity index is 889. The van der Waals surface area contributed by atoms with Gasteiger partial charge in [0, 0.05) is 24.3 Å². The number of esters is 1. The minimum Gasteiger partial charge on any atom is -0.454 e. The molecule has 0 aliphatic heterocycles. The highest BCUT2D eigenvalue weighted by atomic mass is 16.5. The quantitative estimate of drug-likeness (QED) is 0.492. The Labute approximate surface area is 170 Å². The predicted octanol–water partition coefficient (Wildman–Crippen LogP) is 1.60. The highest BCUT2D eigenvalue weighted by molar-refractivity contribution is 5.96. The molecule has 0 spiro atoms. The minimum absolute atomic E-state index is 0.295. The van der Waals surface area contributed by atoms with Crippen molar-refractivity contribution in [1.82, 2.24) is 20.4 Å². The number of amides is 2. The van der Waals surface area contributed by atoms with Gasteiger partial charge in [0.2, 0.25) is 0 Å². The molecule has 1 aromatic heterocycles. The third-order valence-corrected chi connectivity index (χ3v) is 4.50. The van der Waals surface area contributed by atoms with E-state index < -0.39 is 5.97 Å². The zero-order valence-corrected chi connectivity index (χ0v) is 17.4. The Morgan fingerprint density at radius 3 is 2.45 bits per heavy atom. The van der Waals surface area contributed by atoms with Gasteiger partial charge in [0.25, 0.3) is 11.8 Å². The molecule has 8 nitrogen and oxygen atoms in total. The smallest absolute Gasteiger partial charge is 0.325 e. The van der Waals surface area contributed by atoms with Gasteiger partial charge in [-0.1, -0.05) is 6.07 Å². The second kappa shape index (κ2) is 10.4. The van der Waals surface area contributed by atoms with Gasteiger partial charge in [0.15, 0.2) is 6.61 Å². The first kappa shape index (κ1) is 22.1. The van der Waals surface area contributed by atoms with E-state index in [4.69, 9.17) is 4.74 Å². The lowest BCUT2D eigenvalue weighted by Crippen LogP contribution is -2.34. The molecule has 0 radical (unpaired) electrons. The Balaban J connectivity index is 1.61. The standard InChI is InChI=1S/C21H28N4O4/c1-14-6-7-18(10-15(14)2)21(28)23-12-20(27)29-13-19(26)22-8-5-9-25-17(4)11-16(3)24-25/h6-7,10-11H,5,8-9,12-13H2,1-4H3,(H,22,26)(H,23,28). The van der Waals surface area contributed by atoms with Gasteiger partial charge in [0.05, 0.1) is 5.69 Å². The molecule has 0 atom stereocenters. The zero-order chi connectivity index (χ0) is 21.4. The average Bonchev–Trinajstić information content (AvgIpc) is 3.00. The third-order valence-electron chi connectivity index (χ3n) is 4.50. The number of nitrogens with one attached hydrogen (secondary N) is 2. The van der Waals surface area contributed by atoms with E-state index in [9.17, 15) is 14.4 Å². The van der Waals surface area contributed by atoms with Crippen molar-refractivity contribution < 1.29 is 19.1 Å². The van der Waals surface area contributed by atoms with Gasteiger partial charge in [-0.2, -0.15) is 5.10 Å². The number of ether oxygens (including phenoxy) is 1. The summed E-state index contributed by atoms with van der Waals surface area (Å²) in [6.07, 6.45) is 0.716. The molecule has 2 rings (SSSR count). The maximum Gasteiger partial charge on any atom is 0.325 e. The normalized spacial score (nSPS) is 10.5. The van der Waals surface area contributed by atoms with Crippen molar-refractivity contribution in [3.63, 3.8) is 0 Å². The Morgan fingerprint density at radius 1 is 1.03 bits per heavy atom. The molecule has 0 bridgehead atoms. The van der Waals surface area contributed by atoms with E-state index >= 15 is 0 Å². The molecule has 2 amide bonds. The SMILES string of the molecule is Cc1cc(C)n(CCCNC(=O)COC(=O)CNC(=O)c2ccc(C)c(C)c2)n1. The highest BCUT2D eigenvalue weighted by Crippen LogP contribution is 2.09. The summed E-state index contributed by atoms with van der Waals surface area (Å²) < 4.78 is 6.78. The molecule has 0 saturated carbocycles. The Hall–Kier alpha value is -3.16. The van der Waals surface area contributed by atoms with Crippen LogP contribution < -0.4 is 10.6 Å². The number of nitrogens with zero attached hydrogens (tertiary/aromatic N) is 2. The zero-order valence-electron chi connectivity index (χ0n) is 17.4. The van der Waals surface area contributed by atoms with Crippen LogP contribution in [-0.4, -0.2) is 47.3 Å². The van der Waals surface area contributed by atoms with Crippen LogP contribution in [0.4, 0.5) is 0 Å². The summed E-state index contributed by atoms with van der Waals surface area (Å²) in [5.41, 5.74) is 4.59. The molecular weight excluding hydrogens is 372 g/mol.